The molecule has 3 aromatic rings. The summed E-state index contributed by atoms with van der Waals surface area (Å²) in [5, 5.41) is 4.07. The molecule has 0 radical (unpaired) electrons. The molecule has 154 valence electrons. The van der Waals surface area contributed by atoms with E-state index in [0.29, 0.717) is 5.92 Å². The molecule has 0 saturated carbocycles. The number of benzene rings is 2. The largest absolute Gasteiger partial charge is 0.288 e. The minimum atomic E-state index is -3.96. The van der Waals surface area contributed by atoms with Crippen LogP contribution in [0.2, 0.25) is 0 Å². The summed E-state index contributed by atoms with van der Waals surface area (Å²) in [6, 6.07) is 15.0. The Kier molecular flexibility index (Phi) is 5.31. The van der Waals surface area contributed by atoms with E-state index >= 15 is 0 Å². The van der Waals surface area contributed by atoms with Crippen LogP contribution >= 0.6 is 11.3 Å². The molecular formula is C22H20N2O4S2. The van der Waals surface area contributed by atoms with Crippen LogP contribution in [0.5, 0.6) is 0 Å². The number of nitrogens with one attached hydrogen (secondary N) is 2. The van der Waals surface area contributed by atoms with Crippen molar-refractivity contribution >= 4 is 33.2 Å². The van der Waals surface area contributed by atoms with Crippen LogP contribution in [-0.4, -0.2) is 20.2 Å². The molecule has 1 aromatic heterocycles. The van der Waals surface area contributed by atoms with E-state index in [1.54, 1.807) is 0 Å². The van der Waals surface area contributed by atoms with E-state index in [-0.39, 0.29) is 16.0 Å². The fourth-order valence-corrected chi connectivity index (χ4v) is 5.46. The van der Waals surface area contributed by atoms with Crippen molar-refractivity contribution in [1.82, 2.24) is 10.0 Å². The number of carbonyl (C=O) groups is 2. The maximum absolute atomic E-state index is 13.2. The van der Waals surface area contributed by atoms with Crippen molar-refractivity contribution in [3.63, 3.8) is 0 Å². The summed E-state index contributed by atoms with van der Waals surface area (Å²) in [5.74, 6) is -0.740. The first-order valence-corrected chi connectivity index (χ1v) is 11.8. The third kappa shape index (κ3) is 3.81. The number of hydrogen-bond acceptors (Lipinski definition) is 5. The number of imide groups is 1. The second-order valence-electron chi connectivity index (χ2n) is 7.38. The van der Waals surface area contributed by atoms with Crippen molar-refractivity contribution in [1.29, 1.82) is 0 Å². The Balaban J connectivity index is 1.70. The lowest BCUT2D eigenvalue weighted by molar-refractivity contribution is 0.0879. The van der Waals surface area contributed by atoms with E-state index in [0.717, 1.165) is 10.4 Å². The van der Waals surface area contributed by atoms with Gasteiger partial charge in [-0.2, -0.15) is 4.72 Å². The topological polar surface area (TPSA) is 92.3 Å². The molecule has 0 spiro atoms. The molecule has 1 aliphatic rings. The average Bonchev–Trinajstić information content (AvgIpc) is 3.35. The number of sulfonamides is 1. The standard InChI is InChI=1S/C22H20N2O4S2/c1-13(2)14-5-7-15(8-6-14)20(19-4-3-11-29-19)24-30(27,28)16-9-10-17-18(12-16)22(26)23-21(17)25/h3-13,20,24H,1-2H3,(H,23,25,26). The summed E-state index contributed by atoms with van der Waals surface area (Å²) in [5.41, 5.74) is 2.23. The summed E-state index contributed by atoms with van der Waals surface area (Å²) in [6.07, 6.45) is 0. The molecule has 0 saturated heterocycles. The Morgan fingerprint density at radius 2 is 1.57 bits per heavy atom. The lowest BCUT2D eigenvalue weighted by Gasteiger charge is -2.19. The average molecular weight is 441 g/mol. The zero-order chi connectivity index (χ0) is 21.5. The van der Waals surface area contributed by atoms with E-state index in [1.165, 1.54) is 35.1 Å². The van der Waals surface area contributed by atoms with Crippen LogP contribution in [0.15, 0.2) is 64.9 Å². The minimum absolute atomic E-state index is 0.0635. The Bertz CT molecular complexity index is 1210. The highest BCUT2D eigenvalue weighted by atomic mass is 32.2. The maximum atomic E-state index is 13.2. The minimum Gasteiger partial charge on any atom is -0.288 e. The first-order chi connectivity index (χ1) is 14.3. The number of rotatable bonds is 6. The normalized spacial score (nSPS) is 14.6. The number of hydrogen-bond donors (Lipinski definition) is 2. The van der Waals surface area contributed by atoms with Crippen molar-refractivity contribution in [3.05, 3.63) is 87.1 Å². The highest BCUT2D eigenvalue weighted by molar-refractivity contribution is 7.89. The quantitative estimate of drug-likeness (QED) is 0.570. The molecule has 1 aliphatic heterocycles. The van der Waals surface area contributed by atoms with Gasteiger partial charge in [0.15, 0.2) is 0 Å². The van der Waals surface area contributed by atoms with Crippen LogP contribution in [0.3, 0.4) is 0 Å². The van der Waals surface area contributed by atoms with Gasteiger partial charge >= 0.3 is 0 Å². The van der Waals surface area contributed by atoms with E-state index in [4.69, 9.17) is 0 Å². The van der Waals surface area contributed by atoms with Crippen LogP contribution in [-0.2, 0) is 10.0 Å². The Morgan fingerprint density at radius 3 is 2.20 bits per heavy atom. The highest BCUT2D eigenvalue weighted by Gasteiger charge is 2.30. The van der Waals surface area contributed by atoms with E-state index < -0.39 is 27.9 Å². The zero-order valence-electron chi connectivity index (χ0n) is 16.4. The van der Waals surface area contributed by atoms with Crippen LogP contribution in [0, 0.1) is 0 Å². The number of amides is 2. The fraction of sp³-hybridized carbons (Fsp3) is 0.182. The molecule has 6 nitrogen and oxygen atoms in total. The first kappa shape index (κ1) is 20.5. The van der Waals surface area contributed by atoms with E-state index in [9.17, 15) is 18.0 Å². The van der Waals surface area contributed by atoms with Gasteiger partial charge < -0.3 is 0 Å². The number of thiophene rings is 1. The molecule has 1 unspecified atom stereocenters. The van der Waals surface area contributed by atoms with Gasteiger partial charge in [-0.1, -0.05) is 44.2 Å². The molecule has 0 bridgehead atoms. The van der Waals surface area contributed by atoms with Gasteiger partial charge in [0.2, 0.25) is 10.0 Å². The summed E-state index contributed by atoms with van der Waals surface area (Å²) in [4.78, 5) is 24.5. The number of fused-ring (bicyclic) bond motifs is 1. The molecule has 0 aliphatic carbocycles. The van der Waals surface area contributed by atoms with Crippen molar-refractivity contribution in [2.75, 3.05) is 0 Å². The molecule has 4 rings (SSSR count). The Hall–Kier alpha value is -2.81. The summed E-state index contributed by atoms with van der Waals surface area (Å²) in [6.45, 7) is 4.20. The fourth-order valence-electron chi connectivity index (χ4n) is 3.36. The van der Waals surface area contributed by atoms with Crippen molar-refractivity contribution in [2.45, 2.75) is 30.7 Å². The molecule has 0 fully saturated rings. The van der Waals surface area contributed by atoms with Crippen LogP contribution in [0.4, 0.5) is 0 Å². The van der Waals surface area contributed by atoms with Gasteiger partial charge in [0.1, 0.15) is 0 Å². The van der Waals surface area contributed by atoms with Crippen molar-refractivity contribution < 1.29 is 18.0 Å². The molecule has 2 N–H and O–H groups in total. The summed E-state index contributed by atoms with van der Waals surface area (Å²) < 4.78 is 29.1. The summed E-state index contributed by atoms with van der Waals surface area (Å²) in [7, 11) is -3.96. The molecule has 2 heterocycles. The molecule has 2 aromatic carbocycles. The Morgan fingerprint density at radius 1 is 0.900 bits per heavy atom. The SMILES string of the molecule is CC(C)c1ccc(C(NS(=O)(=O)c2ccc3c(c2)C(=O)NC3=O)c2cccs2)cc1. The van der Waals surface area contributed by atoms with Gasteiger partial charge in [0.05, 0.1) is 22.1 Å². The monoisotopic (exact) mass is 440 g/mol. The third-order valence-electron chi connectivity index (χ3n) is 5.05. The smallest absolute Gasteiger partial charge is 0.258 e. The lowest BCUT2D eigenvalue weighted by atomic mass is 9.99. The molecule has 30 heavy (non-hydrogen) atoms. The van der Waals surface area contributed by atoms with Gasteiger partial charge in [-0.3, -0.25) is 14.9 Å². The van der Waals surface area contributed by atoms with Crippen molar-refractivity contribution in [3.8, 4) is 0 Å². The van der Waals surface area contributed by atoms with Gasteiger partial charge in [0.25, 0.3) is 11.8 Å². The second-order valence-corrected chi connectivity index (χ2v) is 10.1. The molecule has 8 heteroatoms. The van der Waals surface area contributed by atoms with Crippen LogP contribution < -0.4 is 10.0 Å². The van der Waals surface area contributed by atoms with E-state index in [1.807, 2.05) is 41.8 Å². The predicted molar refractivity (Wildman–Crippen MR) is 115 cm³/mol. The van der Waals surface area contributed by atoms with Crippen LogP contribution in [0.1, 0.15) is 62.5 Å². The van der Waals surface area contributed by atoms with Crippen LogP contribution in [0.25, 0.3) is 0 Å². The maximum Gasteiger partial charge on any atom is 0.258 e. The predicted octanol–water partition coefficient (Wildman–Crippen LogP) is 3.82. The highest BCUT2D eigenvalue weighted by Crippen LogP contribution is 2.30. The first-order valence-electron chi connectivity index (χ1n) is 9.41. The second kappa shape index (κ2) is 7.79. The zero-order valence-corrected chi connectivity index (χ0v) is 18.0. The van der Waals surface area contributed by atoms with E-state index in [2.05, 4.69) is 23.9 Å². The molecular weight excluding hydrogens is 420 g/mol. The molecule has 2 amide bonds. The van der Waals surface area contributed by atoms with Gasteiger partial charge in [-0.15, -0.1) is 11.3 Å². The lowest BCUT2D eigenvalue weighted by Crippen LogP contribution is -2.29. The molecule has 1 atom stereocenters. The van der Waals surface area contributed by atoms with Gasteiger partial charge in [-0.25, -0.2) is 8.42 Å². The number of carbonyl (C=O) groups excluding carboxylic acids is 2. The Labute approximate surface area is 179 Å². The third-order valence-corrected chi connectivity index (χ3v) is 7.41. The summed E-state index contributed by atoms with van der Waals surface area (Å²) >= 11 is 1.46. The van der Waals surface area contributed by atoms with Crippen molar-refractivity contribution in [2.24, 2.45) is 0 Å². The van der Waals surface area contributed by atoms with Gasteiger partial charge in [-0.05, 0) is 46.7 Å². The van der Waals surface area contributed by atoms with Gasteiger partial charge in [0, 0.05) is 4.88 Å².